The van der Waals surface area contributed by atoms with E-state index in [0.29, 0.717) is 0 Å². The Morgan fingerprint density at radius 2 is 1.68 bits per heavy atom. The number of alkyl carbamates (subject to hydrolysis) is 1. The molecule has 2 N–H and O–H groups in total. The molecule has 1 amide bonds. The molecule has 146 valence electrons. The van der Waals surface area contributed by atoms with Gasteiger partial charge in [0, 0.05) is 5.92 Å². The summed E-state index contributed by atoms with van der Waals surface area (Å²) >= 11 is 0. The van der Waals surface area contributed by atoms with Crippen LogP contribution >= 0.6 is 0 Å². The van der Waals surface area contributed by atoms with Gasteiger partial charge in [0.25, 0.3) is 0 Å². The highest BCUT2D eigenvalue weighted by Crippen LogP contribution is 2.44. The SMILES string of the molecule is C=CC(C)(C)C[C@H](NC(=O)OCC1c2ccccc2-c2ccccc21)C(=O)O. The minimum Gasteiger partial charge on any atom is -0.480 e. The average molecular weight is 379 g/mol. The Morgan fingerprint density at radius 3 is 2.18 bits per heavy atom. The quantitative estimate of drug-likeness (QED) is 0.691. The number of hydrogen-bond donors (Lipinski definition) is 2. The zero-order valence-electron chi connectivity index (χ0n) is 16.1. The number of ether oxygens (including phenoxy) is 1. The third-order valence-electron chi connectivity index (χ3n) is 5.22. The van der Waals surface area contributed by atoms with Gasteiger partial charge in [-0.3, -0.25) is 0 Å². The minimum atomic E-state index is -1.09. The lowest BCUT2D eigenvalue weighted by Crippen LogP contribution is -2.43. The number of aliphatic carboxylic acids is 1. The number of carbonyl (C=O) groups excluding carboxylic acids is 1. The topological polar surface area (TPSA) is 75.6 Å². The lowest BCUT2D eigenvalue weighted by molar-refractivity contribution is -0.140. The third kappa shape index (κ3) is 4.09. The van der Waals surface area contributed by atoms with Crippen molar-refractivity contribution in [3.8, 4) is 11.1 Å². The molecule has 0 fully saturated rings. The van der Waals surface area contributed by atoms with E-state index >= 15 is 0 Å². The van der Waals surface area contributed by atoms with Crippen molar-refractivity contribution in [3.05, 3.63) is 72.3 Å². The van der Waals surface area contributed by atoms with Gasteiger partial charge >= 0.3 is 12.1 Å². The predicted molar refractivity (Wildman–Crippen MR) is 108 cm³/mol. The highest BCUT2D eigenvalue weighted by molar-refractivity contribution is 5.81. The van der Waals surface area contributed by atoms with Crippen molar-refractivity contribution >= 4 is 12.1 Å². The summed E-state index contributed by atoms with van der Waals surface area (Å²) in [6.45, 7) is 7.61. The molecule has 1 atom stereocenters. The van der Waals surface area contributed by atoms with Gasteiger partial charge in [-0.15, -0.1) is 6.58 Å². The molecule has 28 heavy (non-hydrogen) atoms. The van der Waals surface area contributed by atoms with Gasteiger partial charge < -0.3 is 15.2 Å². The number of nitrogens with one attached hydrogen (secondary N) is 1. The summed E-state index contributed by atoms with van der Waals surface area (Å²) in [5.41, 5.74) is 4.09. The molecule has 0 aromatic heterocycles. The molecule has 1 aliphatic carbocycles. The number of carboxylic acids is 1. The van der Waals surface area contributed by atoms with Crippen LogP contribution in [0, 0.1) is 5.41 Å². The molecule has 1 aliphatic rings. The van der Waals surface area contributed by atoms with E-state index in [4.69, 9.17) is 4.74 Å². The molecule has 3 rings (SSSR count). The van der Waals surface area contributed by atoms with Gasteiger partial charge in [0.1, 0.15) is 12.6 Å². The van der Waals surface area contributed by atoms with E-state index in [1.165, 1.54) is 0 Å². The van der Waals surface area contributed by atoms with Crippen molar-refractivity contribution in [1.29, 1.82) is 0 Å². The largest absolute Gasteiger partial charge is 0.480 e. The molecule has 5 nitrogen and oxygen atoms in total. The van der Waals surface area contributed by atoms with Crippen LogP contribution in [0.15, 0.2) is 61.2 Å². The van der Waals surface area contributed by atoms with Crippen molar-refractivity contribution in [2.45, 2.75) is 32.2 Å². The van der Waals surface area contributed by atoms with Crippen LogP contribution in [0.2, 0.25) is 0 Å². The van der Waals surface area contributed by atoms with Gasteiger partial charge in [0.2, 0.25) is 0 Å². The van der Waals surface area contributed by atoms with Crippen molar-refractivity contribution in [3.63, 3.8) is 0 Å². The molecule has 0 saturated heterocycles. The second-order valence-electron chi connectivity index (χ2n) is 7.76. The van der Waals surface area contributed by atoms with Crippen LogP contribution in [-0.4, -0.2) is 29.8 Å². The molecule has 0 saturated carbocycles. The second-order valence-corrected chi connectivity index (χ2v) is 7.76. The predicted octanol–water partition coefficient (Wildman–Crippen LogP) is 4.58. The van der Waals surface area contributed by atoms with Gasteiger partial charge in [0.05, 0.1) is 0 Å². The summed E-state index contributed by atoms with van der Waals surface area (Å²) in [6.07, 6.45) is 1.19. The van der Waals surface area contributed by atoms with Crippen LogP contribution < -0.4 is 5.32 Å². The molecule has 0 bridgehead atoms. The molecule has 0 heterocycles. The molecular weight excluding hydrogens is 354 g/mol. The van der Waals surface area contributed by atoms with Crippen LogP contribution in [0.4, 0.5) is 4.79 Å². The van der Waals surface area contributed by atoms with Gasteiger partial charge in [-0.05, 0) is 34.1 Å². The Morgan fingerprint density at radius 1 is 1.14 bits per heavy atom. The fourth-order valence-corrected chi connectivity index (χ4v) is 3.59. The summed E-state index contributed by atoms with van der Waals surface area (Å²) in [6, 6.07) is 15.1. The fourth-order valence-electron chi connectivity index (χ4n) is 3.59. The van der Waals surface area contributed by atoms with Crippen molar-refractivity contribution in [2.75, 3.05) is 6.61 Å². The maximum Gasteiger partial charge on any atom is 0.407 e. The van der Waals surface area contributed by atoms with E-state index in [2.05, 4.69) is 24.0 Å². The lowest BCUT2D eigenvalue weighted by Gasteiger charge is -2.25. The van der Waals surface area contributed by atoms with Crippen molar-refractivity contribution in [1.82, 2.24) is 5.32 Å². The summed E-state index contributed by atoms with van der Waals surface area (Å²) in [7, 11) is 0. The highest BCUT2D eigenvalue weighted by atomic mass is 16.5. The Hall–Kier alpha value is -3.08. The number of carboxylic acid groups (broad SMARTS) is 1. The first-order valence-electron chi connectivity index (χ1n) is 9.30. The Balaban J connectivity index is 1.69. The molecular formula is C23H25NO4. The van der Waals surface area contributed by atoms with E-state index in [0.717, 1.165) is 22.3 Å². The Kier molecular flexibility index (Phi) is 5.54. The van der Waals surface area contributed by atoms with Crippen LogP contribution in [0.5, 0.6) is 0 Å². The molecule has 2 aromatic carbocycles. The second kappa shape index (κ2) is 7.89. The summed E-state index contributed by atoms with van der Waals surface area (Å²) in [5, 5.41) is 11.9. The van der Waals surface area contributed by atoms with E-state index < -0.39 is 23.5 Å². The lowest BCUT2D eigenvalue weighted by atomic mass is 9.86. The number of allylic oxidation sites excluding steroid dienone is 1. The van der Waals surface area contributed by atoms with Gasteiger partial charge in [-0.2, -0.15) is 0 Å². The summed E-state index contributed by atoms with van der Waals surface area (Å²) in [4.78, 5) is 23.8. The summed E-state index contributed by atoms with van der Waals surface area (Å²) < 4.78 is 5.43. The zero-order valence-corrected chi connectivity index (χ0v) is 16.1. The number of carbonyl (C=O) groups is 2. The van der Waals surface area contributed by atoms with E-state index in [1.54, 1.807) is 6.08 Å². The standard InChI is InChI=1S/C23H25NO4/c1-4-23(2,3)13-20(21(25)26)24-22(27)28-14-19-17-11-7-5-9-15(17)16-10-6-8-12-18(16)19/h4-12,19-20H,1,13-14H2,2-3H3,(H,24,27)(H,25,26)/t20-/m0/s1. The van der Waals surface area contributed by atoms with Crippen LogP contribution in [0.1, 0.15) is 37.3 Å². The Bertz CT molecular complexity index is 857. The van der Waals surface area contributed by atoms with E-state index in [1.807, 2.05) is 50.2 Å². The average Bonchev–Trinajstić information content (AvgIpc) is 2.99. The van der Waals surface area contributed by atoms with Crippen molar-refractivity contribution in [2.24, 2.45) is 5.41 Å². The maximum atomic E-state index is 12.3. The number of rotatable bonds is 7. The third-order valence-corrected chi connectivity index (χ3v) is 5.22. The van der Waals surface area contributed by atoms with Crippen LogP contribution in [0.3, 0.4) is 0 Å². The van der Waals surface area contributed by atoms with E-state index in [9.17, 15) is 14.7 Å². The number of benzene rings is 2. The molecule has 0 unspecified atom stereocenters. The zero-order chi connectivity index (χ0) is 20.3. The molecule has 0 aliphatic heterocycles. The maximum absolute atomic E-state index is 12.3. The van der Waals surface area contributed by atoms with Gasteiger partial charge in [-0.1, -0.05) is 68.5 Å². The van der Waals surface area contributed by atoms with Gasteiger partial charge in [0.15, 0.2) is 0 Å². The molecule has 5 heteroatoms. The summed E-state index contributed by atoms with van der Waals surface area (Å²) in [5.74, 6) is -1.16. The Labute approximate surface area is 165 Å². The molecule has 0 radical (unpaired) electrons. The van der Waals surface area contributed by atoms with Crippen LogP contribution in [0.25, 0.3) is 11.1 Å². The first kappa shape index (κ1) is 19.7. The number of fused-ring (bicyclic) bond motifs is 3. The minimum absolute atomic E-state index is 0.0638. The monoisotopic (exact) mass is 379 g/mol. The van der Waals surface area contributed by atoms with Gasteiger partial charge in [-0.25, -0.2) is 9.59 Å². The fraction of sp³-hybridized carbons (Fsp3) is 0.304. The first-order valence-corrected chi connectivity index (χ1v) is 9.30. The highest BCUT2D eigenvalue weighted by Gasteiger charge is 2.31. The smallest absolute Gasteiger partial charge is 0.407 e. The first-order chi connectivity index (χ1) is 13.3. The van der Waals surface area contributed by atoms with Crippen molar-refractivity contribution < 1.29 is 19.4 Å². The number of amides is 1. The van der Waals surface area contributed by atoms with E-state index in [-0.39, 0.29) is 18.9 Å². The number of hydrogen-bond acceptors (Lipinski definition) is 3. The van der Waals surface area contributed by atoms with Crippen LogP contribution in [-0.2, 0) is 9.53 Å². The molecule has 0 spiro atoms. The molecule has 2 aromatic rings. The normalized spacial score (nSPS) is 13.9.